The number of aromatic nitrogens is 3. The van der Waals surface area contributed by atoms with Gasteiger partial charge in [0, 0.05) is 45.5 Å². The lowest BCUT2D eigenvalue weighted by molar-refractivity contribution is 0.0484. The molecule has 0 aliphatic carbocycles. The van der Waals surface area contributed by atoms with Gasteiger partial charge in [-0.15, -0.1) is 0 Å². The highest BCUT2D eigenvalue weighted by Gasteiger charge is 2.30. The van der Waals surface area contributed by atoms with Gasteiger partial charge in [0.15, 0.2) is 0 Å². The number of hydrogen-bond acceptors (Lipinski definition) is 11. The van der Waals surface area contributed by atoms with E-state index in [-0.39, 0.29) is 42.6 Å². The Balaban J connectivity index is 0.00000111. The summed E-state index contributed by atoms with van der Waals surface area (Å²) in [6.45, 7) is 11.3. The first-order valence-corrected chi connectivity index (χ1v) is 18.2. The van der Waals surface area contributed by atoms with Gasteiger partial charge in [-0.2, -0.15) is 12.7 Å². The molecule has 2 aromatic heterocycles. The van der Waals surface area contributed by atoms with Crippen LogP contribution in [-0.2, 0) is 42.9 Å². The molecule has 0 bridgehead atoms. The zero-order chi connectivity index (χ0) is 34.8. The summed E-state index contributed by atoms with van der Waals surface area (Å²) < 4.78 is 78.1. The number of hydrogen-bond donors (Lipinski definition) is 3. The SMILES string of the molecule is CCCOc1ccc(S(=O)(=O)N2CCN(CCOC(=O)OCC)CC2)cc1-c1nc2c(CCC)cn(CC)c2c(=O)[nH]1.O=S(=O)(O)O. The average molecular weight is 702 g/mol. The maximum absolute atomic E-state index is 13.7. The van der Waals surface area contributed by atoms with Gasteiger partial charge >= 0.3 is 16.6 Å². The topological polar surface area (TPSA) is 211 Å². The van der Waals surface area contributed by atoms with Gasteiger partial charge in [0.25, 0.3) is 5.56 Å². The number of ether oxygens (including phenoxy) is 3. The van der Waals surface area contributed by atoms with E-state index < -0.39 is 26.6 Å². The summed E-state index contributed by atoms with van der Waals surface area (Å²) in [5.74, 6) is 0.727. The molecule has 1 aliphatic rings. The van der Waals surface area contributed by atoms with E-state index in [1.54, 1.807) is 19.1 Å². The van der Waals surface area contributed by atoms with Crippen molar-refractivity contribution in [3.63, 3.8) is 0 Å². The van der Waals surface area contributed by atoms with E-state index in [2.05, 4.69) is 11.9 Å². The van der Waals surface area contributed by atoms with Crippen molar-refractivity contribution in [1.29, 1.82) is 0 Å². The maximum Gasteiger partial charge on any atom is 0.508 e. The molecule has 1 aromatic carbocycles. The molecule has 0 radical (unpaired) electrons. The number of aryl methyl sites for hydroxylation is 2. The Bertz CT molecular complexity index is 1770. The third kappa shape index (κ3) is 10.5. The zero-order valence-corrected chi connectivity index (χ0v) is 28.6. The number of sulfonamides is 1. The quantitative estimate of drug-likeness (QED) is 0.173. The molecular weight excluding hydrogens is 658 g/mol. The number of carbonyl (C=O) groups is 1. The molecule has 1 aliphatic heterocycles. The summed E-state index contributed by atoms with van der Waals surface area (Å²) in [7, 11) is -8.51. The Morgan fingerprint density at radius 3 is 2.26 bits per heavy atom. The van der Waals surface area contributed by atoms with Crippen molar-refractivity contribution in [3.05, 3.63) is 40.3 Å². The predicted octanol–water partition coefficient (Wildman–Crippen LogP) is 2.98. The lowest BCUT2D eigenvalue weighted by Crippen LogP contribution is -2.49. The van der Waals surface area contributed by atoms with Gasteiger partial charge < -0.3 is 23.8 Å². The third-order valence-electron chi connectivity index (χ3n) is 7.18. The zero-order valence-electron chi connectivity index (χ0n) is 27.0. The maximum atomic E-state index is 13.7. The second kappa shape index (κ2) is 17.0. The van der Waals surface area contributed by atoms with Crippen LogP contribution in [0, 0.1) is 0 Å². The summed E-state index contributed by atoms with van der Waals surface area (Å²) in [6.07, 6.45) is 3.70. The fourth-order valence-corrected chi connectivity index (χ4v) is 6.50. The van der Waals surface area contributed by atoms with Crippen LogP contribution in [0.4, 0.5) is 4.79 Å². The first kappa shape index (κ1) is 37.9. The molecule has 1 saturated heterocycles. The molecule has 0 amide bonds. The smallest absolute Gasteiger partial charge is 0.493 e. The molecule has 0 unspecified atom stereocenters. The van der Waals surface area contributed by atoms with Crippen LogP contribution < -0.4 is 10.3 Å². The van der Waals surface area contributed by atoms with Crippen molar-refractivity contribution >= 4 is 37.6 Å². The number of aromatic amines is 1. The lowest BCUT2D eigenvalue weighted by Gasteiger charge is -2.33. The monoisotopic (exact) mass is 701 g/mol. The number of H-pyrrole nitrogens is 1. The molecule has 47 heavy (non-hydrogen) atoms. The van der Waals surface area contributed by atoms with E-state index in [4.69, 9.17) is 36.7 Å². The molecule has 3 aromatic rings. The Labute approximate surface area is 274 Å². The molecule has 16 nitrogen and oxygen atoms in total. The number of piperazine rings is 1. The Hall–Kier alpha value is -3.55. The standard InChI is InChI=1S/C29H41N5O7S.H2O4S/c1-5-9-21-20-33(7-3)26-25(21)30-27(31-28(26)35)23-19-22(10-11-24(23)40-17-6-2)42(37,38)34-14-12-32(13-15-34)16-18-41-29(36)39-8-4;1-5(2,3)4/h10-11,19-20H,5-9,12-18H2,1-4H3,(H,30,31,35);(H2,1,2,3,4). The number of rotatable bonds is 13. The highest BCUT2D eigenvalue weighted by Crippen LogP contribution is 2.33. The first-order valence-electron chi connectivity index (χ1n) is 15.3. The summed E-state index contributed by atoms with van der Waals surface area (Å²) >= 11 is 0. The van der Waals surface area contributed by atoms with E-state index in [9.17, 15) is 18.0 Å². The van der Waals surface area contributed by atoms with Gasteiger partial charge in [0.1, 0.15) is 23.7 Å². The fraction of sp³-hybridized carbons (Fsp3) is 0.552. The molecule has 0 atom stereocenters. The molecule has 1 fully saturated rings. The van der Waals surface area contributed by atoms with Gasteiger partial charge in [-0.3, -0.25) is 18.8 Å². The molecular formula is C29H43N5O11S2. The molecule has 4 rings (SSSR count). The average Bonchev–Trinajstić information content (AvgIpc) is 3.37. The van der Waals surface area contributed by atoms with Crippen LogP contribution >= 0.6 is 0 Å². The molecule has 262 valence electrons. The van der Waals surface area contributed by atoms with Gasteiger partial charge in [-0.1, -0.05) is 20.3 Å². The van der Waals surface area contributed by atoms with E-state index >= 15 is 0 Å². The fourth-order valence-electron chi connectivity index (χ4n) is 5.05. The lowest BCUT2D eigenvalue weighted by atomic mass is 10.1. The van der Waals surface area contributed by atoms with Crippen LogP contribution in [0.5, 0.6) is 5.75 Å². The van der Waals surface area contributed by atoms with Crippen LogP contribution in [-0.4, -0.2) is 108 Å². The van der Waals surface area contributed by atoms with Crippen LogP contribution in [0.2, 0.25) is 0 Å². The predicted molar refractivity (Wildman–Crippen MR) is 174 cm³/mol. The number of benzene rings is 1. The number of fused-ring (bicyclic) bond motifs is 1. The van der Waals surface area contributed by atoms with Crippen molar-refractivity contribution in [2.24, 2.45) is 0 Å². The molecule has 0 spiro atoms. The van der Waals surface area contributed by atoms with Crippen molar-refractivity contribution in [3.8, 4) is 17.1 Å². The Morgan fingerprint density at radius 2 is 1.66 bits per heavy atom. The van der Waals surface area contributed by atoms with Crippen LogP contribution in [0.15, 0.2) is 34.1 Å². The Kier molecular flexibility index (Phi) is 13.7. The summed E-state index contributed by atoms with van der Waals surface area (Å²) in [4.78, 5) is 34.5. The van der Waals surface area contributed by atoms with E-state index in [1.807, 2.05) is 29.5 Å². The minimum absolute atomic E-state index is 0.100. The van der Waals surface area contributed by atoms with E-state index in [0.717, 1.165) is 24.8 Å². The van der Waals surface area contributed by atoms with Crippen LogP contribution in [0.3, 0.4) is 0 Å². The molecule has 3 N–H and O–H groups in total. The van der Waals surface area contributed by atoms with Crippen molar-refractivity contribution in [2.45, 2.75) is 58.4 Å². The first-order chi connectivity index (χ1) is 22.2. The summed E-state index contributed by atoms with van der Waals surface area (Å²) in [6, 6.07) is 4.71. The second-order valence-corrected chi connectivity index (χ2v) is 13.4. The second-order valence-electron chi connectivity index (χ2n) is 10.5. The third-order valence-corrected chi connectivity index (χ3v) is 9.08. The van der Waals surface area contributed by atoms with E-state index in [0.29, 0.717) is 55.1 Å². The van der Waals surface area contributed by atoms with Gasteiger partial charge in [0.05, 0.1) is 29.2 Å². The highest BCUT2D eigenvalue weighted by molar-refractivity contribution is 7.89. The van der Waals surface area contributed by atoms with Gasteiger partial charge in [0.2, 0.25) is 10.0 Å². The van der Waals surface area contributed by atoms with Gasteiger partial charge in [-0.25, -0.2) is 18.2 Å². The number of nitrogens with one attached hydrogen (secondary N) is 1. The van der Waals surface area contributed by atoms with Gasteiger partial charge in [-0.05, 0) is 50.5 Å². The minimum atomic E-state index is -4.67. The highest BCUT2D eigenvalue weighted by atomic mass is 32.3. The van der Waals surface area contributed by atoms with Crippen molar-refractivity contribution < 1.29 is 44.9 Å². The van der Waals surface area contributed by atoms with Crippen LogP contribution in [0.1, 0.15) is 46.1 Å². The Morgan fingerprint density at radius 1 is 0.979 bits per heavy atom. The molecule has 18 heteroatoms. The summed E-state index contributed by atoms with van der Waals surface area (Å²) in [5, 5.41) is 0. The number of nitrogens with zero attached hydrogens (tertiary/aromatic N) is 4. The molecule has 3 heterocycles. The van der Waals surface area contributed by atoms with Crippen molar-refractivity contribution in [1.82, 2.24) is 23.7 Å². The minimum Gasteiger partial charge on any atom is -0.493 e. The van der Waals surface area contributed by atoms with Crippen molar-refractivity contribution in [2.75, 3.05) is 52.5 Å². The number of carbonyl (C=O) groups excluding carboxylic acids is 1. The summed E-state index contributed by atoms with van der Waals surface area (Å²) in [5.41, 5.74) is 2.25. The van der Waals surface area contributed by atoms with Crippen LogP contribution in [0.25, 0.3) is 22.4 Å². The largest absolute Gasteiger partial charge is 0.508 e. The normalized spacial score (nSPS) is 14.4. The van der Waals surface area contributed by atoms with E-state index in [1.165, 1.54) is 10.4 Å². The molecule has 0 saturated carbocycles.